The third-order valence-electron chi connectivity index (χ3n) is 14.0. The summed E-state index contributed by atoms with van der Waals surface area (Å²) < 4.78 is 41.7. The number of ether oxygens (including phenoxy) is 7. The Hall–Kier alpha value is -5.52. The Morgan fingerprint density at radius 1 is 0.609 bits per heavy atom. The van der Waals surface area contributed by atoms with Gasteiger partial charge in [0.1, 0.15) is 17.8 Å². The molecule has 0 bridgehead atoms. The molecule has 0 aromatic heterocycles. The van der Waals surface area contributed by atoms with Gasteiger partial charge in [-0.3, -0.25) is 0 Å². The van der Waals surface area contributed by atoms with Crippen LogP contribution in [0.25, 0.3) is 0 Å². The van der Waals surface area contributed by atoms with Gasteiger partial charge in [-0.2, -0.15) is 0 Å². The number of hydrogen-bond acceptors (Lipinski definition) is 9. The van der Waals surface area contributed by atoms with Crippen LogP contribution in [-0.4, -0.2) is 110 Å². The van der Waals surface area contributed by atoms with E-state index in [1.54, 1.807) is 35.5 Å². The highest BCUT2D eigenvalue weighted by Gasteiger charge is 2.43. The lowest BCUT2D eigenvalue weighted by atomic mass is 9.83. The molecule has 4 unspecified atom stereocenters. The van der Waals surface area contributed by atoms with Gasteiger partial charge in [-0.25, -0.2) is 9.59 Å². The molecule has 4 aromatic rings. The van der Waals surface area contributed by atoms with Gasteiger partial charge < -0.3 is 42.1 Å². The Morgan fingerprint density at radius 3 is 1.81 bits per heavy atom. The minimum Gasteiger partial charge on any atom is -0.496 e. The van der Waals surface area contributed by atoms with Crippen molar-refractivity contribution in [3.8, 4) is 28.7 Å². The number of carbonyl (C=O) groups excluding carboxylic acids is 2. The fourth-order valence-corrected chi connectivity index (χ4v) is 10.2. The maximum absolute atomic E-state index is 12.8. The lowest BCUT2D eigenvalue weighted by Crippen LogP contribution is -2.53. The molecule has 0 saturated carbocycles. The van der Waals surface area contributed by atoms with Crippen LogP contribution in [-0.2, 0) is 38.3 Å². The molecule has 64 heavy (non-hydrogen) atoms. The van der Waals surface area contributed by atoms with Gasteiger partial charge in [0.05, 0.1) is 94.6 Å². The zero-order valence-corrected chi connectivity index (χ0v) is 40.3. The van der Waals surface area contributed by atoms with E-state index in [-0.39, 0.29) is 25.3 Å². The van der Waals surface area contributed by atoms with Crippen LogP contribution in [0.4, 0.5) is 0 Å². The van der Waals surface area contributed by atoms with Crippen LogP contribution >= 0.6 is 0 Å². The predicted molar refractivity (Wildman–Crippen MR) is 250 cm³/mol. The number of hydrogen-bond donors (Lipinski definition) is 0. The van der Waals surface area contributed by atoms with Crippen LogP contribution in [0.5, 0.6) is 28.7 Å². The first-order valence-electron chi connectivity index (χ1n) is 22.5. The van der Waals surface area contributed by atoms with Gasteiger partial charge in [0.25, 0.3) is 0 Å². The molecular weight excluding hydrogens is 809 g/mol. The molecule has 11 heteroatoms. The first-order valence-corrected chi connectivity index (χ1v) is 22.5. The van der Waals surface area contributed by atoms with Gasteiger partial charge in [0, 0.05) is 55.4 Å². The third kappa shape index (κ3) is 10.2. The smallest absolute Gasteiger partial charge is 0.331 e. The van der Waals surface area contributed by atoms with Crippen LogP contribution < -0.4 is 23.7 Å². The second kappa shape index (κ2) is 20.5. The van der Waals surface area contributed by atoms with Crippen molar-refractivity contribution < 1.29 is 51.7 Å². The van der Waals surface area contributed by atoms with E-state index in [0.29, 0.717) is 40.3 Å². The number of benzene rings is 4. The zero-order chi connectivity index (χ0) is 46.3. The maximum Gasteiger partial charge on any atom is 0.331 e. The number of likely N-dealkylation sites (N-methyl/N-ethyl adjacent to an activating group) is 2. The average molecular weight is 879 g/mol. The van der Waals surface area contributed by atoms with Crippen LogP contribution in [0.1, 0.15) is 86.1 Å². The Morgan fingerprint density at radius 2 is 1.20 bits per heavy atom. The number of methoxy groups -OCH3 is 5. The second-order valence-corrected chi connectivity index (χ2v) is 18.2. The Balaban J connectivity index is 1.06. The van der Waals surface area contributed by atoms with Crippen LogP contribution in [0, 0.1) is 34.6 Å². The summed E-state index contributed by atoms with van der Waals surface area (Å²) in [5, 5.41) is 0. The summed E-state index contributed by atoms with van der Waals surface area (Å²) in [7, 11) is 12.9. The largest absolute Gasteiger partial charge is 0.496 e. The van der Waals surface area contributed by atoms with Crippen molar-refractivity contribution in [1.82, 2.24) is 0 Å². The van der Waals surface area contributed by atoms with Crippen molar-refractivity contribution in [2.45, 2.75) is 78.8 Å². The van der Waals surface area contributed by atoms with Crippen LogP contribution in [0.2, 0.25) is 0 Å². The molecule has 2 aliphatic heterocycles. The fourth-order valence-electron chi connectivity index (χ4n) is 10.2. The molecule has 2 heterocycles. The summed E-state index contributed by atoms with van der Waals surface area (Å²) in [6.45, 7) is 14.5. The molecule has 0 aliphatic carbocycles. The molecule has 0 amide bonds. The van der Waals surface area contributed by atoms with Gasteiger partial charge in [-0.05, 0) is 103 Å². The highest BCUT2D eigenvalue weighted by molar-refractivity contribution is 5.91. The summed E-state index contributed by atoms with van der Waals surface area (Å²) in [5.41, 5.74) is 13.4. The molecule has 0 saturated heterocycles. The third-order valence-corrected chi connectivity index (χ3v) is 14.0. The highest BCUT2D eigenvalue weighted by Crippen LogP contribution is 2.47. The minimum absolute atomic E-state index is 0.0672. The first kappa shape index (κ1) is 47.9. The van der Waals surface area contributed by atoms with Gasteiger partial charge in [-0.15, -0.1) is 0 Å². The van der Waals surface area contributed by atoms with E-state index in [9.17, 15) is 9.59 Å². The molecule has 4 atom stereocenters. The number of esters is 2. The SMILES string of the molecule is COc1cc2c(cc1OC)C(c1cc(C)c(OC)c(OC)c1)[N+](C)(CCCOC(=O)/C=C\C(=O)OCCC[N+]1(C)CCc3cc(C)c(C)c(OC)c3C1Cc1ccc(C)c(C)c1)CC2. The van der Waals surface area contributed by atoms with Gasteiger partial charge in [0.15, 0.2) is 23.0 Å². The predicted octanol–water partition coefficient (Wildman–Crippen LogP) is 8.77. The number of aryl methyl sites for hydroxylation is 4. The second-order valence-electron chi connectivity index (χ2n) is 18.2. The molecule has 2 aliphatic rings. The molecule has 6 rings (SSSR count). The van der Waals surface area contributed by atoms with E-state index in [1.807, 2.05) is 6.92 Å². The molecule has 344 valence electrons. The maximum atomic E-state index is 12.8. The normalized spacial score (nSPS) is 20.2. The molecular formula is C53H70N2O9+2. The summed E-state index contributed by atoms with van der Waals surface area (Å²) in [6, 6.07) is 17.6. The quantitative estimate of drug-likeness (QED) is 0.0421. The highest BCUT2D eigenvalue weighted by atomic mass is 16.5. The van der Waals surface area contributed by atoms with E-state index in [0.717, 1.165) is 78.4 Å². The number of nitrogens with zero attached hydrogens (tertiary/aromatic N) is 2. The molecule has 11 nitrogen and oxygen atoms in total. The van der Waals surface area contributed by atoms with E-state index in [2.05, 4.69) is 90.3 Å². The Bertz CT molecular complexity index is 2370. The molecule has 0 radical (unpaired) electrons. The Labute approximate surface area is 381 Å². The zero-order valence-electron chi connectivity index (χ0n) is 40.3. The molecule has 0 N–H and O–H groups in total. The van der Waals surface area contributed by atoms with Crippen molar-refractivity contribution in [2.75, 3.05) is 89.0 Å². The van der Waals surface area contributed by atoms with E-state index >= 15 is 0 Å². The lowest BCUT2D eigenvalue weighted by molar-refractivity contribution is -0.941. The van der Waals surface area contributed by atoms with Gasteiger partial charge >= 0.3 is 11.9 Å². The number of carbonyl (C=O) groups is 2. The number of fused-ring (bicyclic) bond motifs is 2. The molecule has 4 aromatic carbocycles. The summed E-state index contributed by atoms with van der Waals surface area (Å²) >= 11 is 0. The number of rotatable bonds is 18. The van der Waals surface area contributed by atoms with E-state index in [4.69, 9.17) is 33.2 Å². The molecule has 0 fully saturated rings. The van der Waals surface area contributed by atoms with Crippen molar-refractivity contribution >= 4 is 11.9 Å². The number of quaternary nitrogens is 2. The fraction of sp³-hybridized carbons (Fsp3) is 0.472. The monoisotopic (exact) mass is 879 g/mol. The van der Waals surface area contributed by atoms with Crippen molar-refractivity contribution in [2.24, 2.45) is 0 Å². The minimum atomic E-state index is -0.578. The van der Waals surface area contributed by atoms with Gasteiger partial charge in [0.2, 0.25) is 0 Å². The van der Waals surface area contributed by atoms with Crippen molar-refractivity contribution in [3.63, 3.8) is 0 Å². The van der Waals surface area contributed by atoms with Crippen LogP contribution in [0.15, 0.2) is 60.7 Å². The van der Waals surface area contributed by atoms with Gasteiger partial charge in [-0.1, -0.05) is 24.3 Å². The lowest BCUT2D eigenvalue weighted by Gasteiger charge is -2.46. The first-order chi connectivity index (χ1) is 30.6. The van der Waals surface area contributed by atoms with Crippen molar-refractivity contribution in [1.29, 1.82) is 0 Å². The standard InChI is InChI=1S/C53H70N2O9/c1-34-15-16-39(27-35(34)2)30-44-50-41(28-36(3)38(5)53(50)62-12)20-23-54(44,6)21-13-25-63-48(56)17-18-49(57)64-26-14-22-55(7)24-19-40-31-45(58-8)46(59-9)33-43(40)51(55)42-29-37(4)52(61-11)47(32-42)60-10/h15-18,27-29,31-33,44,51H,13-14,19-26,30H2,1-12H3/q+2/b18-17-. The summed E-state index contributed by atoms with van der Waals surface area (Å²) in [5.74, 6) is 2.59. The Kier molecular flexibility index (Phi) is 15.4. The van der Waals surface area contributed by atoms with Crippen LogP contribution in [0.3, 0.4) is 0 Å². The molecule has 0 spiro atoms. The van der Waals surface area contributed by atoms with E-state index < -0.39 is 11.9 Å². The van der Waals surface area contributed by atoms with E-state index in [1.165, 1.54) is 50.6 Å². The average Bonchev–Trinajstić information content (AvgIpc) is 3.28. The summed E-state index contributed by atoms with van der Waals surface area (Å²) in [6.07, 6.45) is 6.29. The topological polar surface area (TPSA) is 98.8 Å². The summed E-state index contributed by atoms with van der Waals surface area (Å²) in [4.78, 5) is 25.7. The van der Waals surface area contributed by atoms with Crippen molar-refractivity contribution in [3.05, 3.63) is 122 Å².